The van der Waals surface area contributed by atoms with E-state index in [0.29, 0.717) is 29.3 Å². The molecule has 1 unspecified atom stereocenters. The van der Waals surface area contributed by atoms with E-state index in [0.717, 1.165) is 25.1 Å². The second kappa shape index (κ2) is 7.71. The molecule has 2 fully saturated rings. The highest BCUT2D eigenvalue weighted by molar-refractivity contribution is 5.97. The minimum absolute atomic E-state index is 0.132. The standard InChI is InChI=1S/C20H24FN5O2/c1-3-4-8-22-15-11-16(25-20(27)13-10-14(13)21)24-19-18(15)23-12(2)26(19)17-7-5-6-9-28-17/h3-4,8,11,13-14,17H,1,5-7,9-10H2,2H3,(H2,22,24,25,27)/b8-4+/t13-,14+,17?/m0/s1. The number of aromatic nitrogens is 3. The van der Waals surface area contributed by atoms with Gasteiger partial charge in [0.25, 0.3) is 0 Å². The van der Waals surface area contributed by atoms with E-state index < -0.39 is 12.1 Å². The van der Waals surface area contributed by atoms with Crippen LogP contribution >= 0.6 is 0 Å². The van der Waals surface area contributed by atoms with Crippen molar-refractivity contribution in [2.45, 2.75) is 45.0 Å². The zero-order valence-electron chi connectivity index (χ0n) is 15.8. The van der Waals surface area contributed by atoms with E-state index in [9.17, 15) is 9.18 Å². The molecular weight excluding hydrogens is 361 g/mol. The normalized spacial score (nSPS) is 24.4. The summed E-state index contributed by atoms with van der Waals surface area (Å²) in [6.07, 6.45) is 7.24. The number of aryl methyl sites for hydroxylation is 1. The first-order valence-corrected chi connectivity index (χ1v) is 9.58. The van der Waals surface area contributed by atoms with Crippen molar-refractivity contribution in [1.82, 2.24) is 14.5 Å². The molecular formula is C20H24FN5O2. The number of amides is 1. The van der Waals surface area contributed by atoms with E-state index >= 15 is 0 Å². The molecule has 1 aliphatic carbocycles. The van der Waals surface area contributed by atoms with Crippen LogP contribution in [0.5, 0.6) is 0 Å². The molecule has 1 aliphatic heterocycles. The molecule has 1 amide bonds. The average molecular weight is 385 g/mol. The summed E-state index contributed by atoms with van der Waals surface area (Å²) in [5, 5.41) is 5.91. The molecule has 0 bridgehead atoms. The summed E-state index contributed by atoms with van der Waals surface area (Å²) < 4.78 is 21.1. The second-order valence-electron chi connectivity index (χ2n) is 7.16. The van der Waals surface area contributed by atoms with Crippen LogP contribution in [0.3, 0.4) is 0 Å². The van der Waals surface area contributed by atoms with Crippen molar-refractivity contribution < 1.29 is 13.9 Å². The van der Waals surface area contributed by atoms with E-state index in [1.54, 1.807) is 24.4 Å². The molecule has 2 N–H and O–H groups in total. The number of nitrogens with one attached hydrogen (secondary N) is 2. The van der Waals surface area contributed by atoms with Crippen molar-refractivity contribution in [2.75, 3.05) is 17.2 Å². The lowest BCUT2D eigenvalue weighted by Gasteiger charge is -2.25. The molecule has 3 heterocycles. The number of ether oxygens (including phenoxy) is 1. The summed E-state index contributed by atoms with van der Waals surface area (Å²) in [5.41, 5.74) is 2.01. The Morgan fingerprint density at radius 3 is 2.93 bits per heavy atom. The number of imidazole rings is 1. The Hall–Kier alpha value is -2.74. The molecule has 3 atom stereocenters. The number of hydrogen-bond donors (Lipinski definition) is 2. The summed E-state index contributed by atoms with van der Waals surface area (Å²) in [6.45, 7) is 6.27. The van der Waals surface area contributed by atoms with Crippen LogP contribution in [0.15, 0.2) is 31.0 Å². The van der Waals surface area contributed by atoms with Crippen molar-refractivity contribution in [3.8, 4) is 0 Å². The Kier molecular flexibility index (Phi) is 5.13. The zero-order valence-corrected chi connectivity index (χ0v) is 15.8. The molecule has 1 saturated heterocycles. The molecule has 7 nitrogen and oxygen atoms in total. The highest BCUT2D eigenvalue weighted by atomic mass is 19.1. The van der Waals surface area contributed by atoms with Crippen LogP contribution < -0.4 is 10.6 Å². The van der Waals surface area contributed by atoms with Crippen molar-refractivity contribution in [3.63, 3.8) is 0 Å². The monoisotopic (exact) mass is 385 g/mol. The number of hydrogen-bond acceptors (Lipinski definition) is 5. The molecule has 0 radical (unpaired) electrons. The smallest absolute Gasteiger partial charge is 0.231 e. The van der Waals surface area contributed by atoms with Crippen LogP contribution in [0, 0.1) is 12.8 Å². The fourth-order valence-electron chi connectivity index (χ4n) is 3.48. The van der Waals surface area contributed by atoms with Crippen LogP contribution in [0.2, 0.25) is 0 Å². The zero-order chi connectivity index (χ0) is 19.7. The van der Waals surface area contributed by atoms with E-state index in [2.05, 4.69) is 27.2 Å². The van der Waals surface area contributed by atoms with Gasteiger partial charge in [0.1, 0.15) is 29.6 Å². The lowest BCUT2D eigenvalue weighted by molar-refractivity contribution is -0.117. The summed E-state index contributed by atoms with van der Waals surface area (Å²) in [5.74, 6) is 0.231. The fourth-order valence-corrected chi connectivity index (χ4v) is 3.48. The van der Waals surface area contributed by atoms with Crippen LogP contribution in [0.4, 0.5) is 15.9 Å². The molecule has 4 rings (SSSR count). The fraction of sp³-hybridized carbons (Fsp3) is 0.450. The minimum atomic E-state index is -1.06. The van der Waals surface area contributed by atoms with Crippen molar-refractivity contribution in [2.24, 2.45) is 5.92 Å². The first-order valence-electron chi connectivity index (χ1n) is 9.58. The molecule has 2 aromatic heterocycles. The van der Waals surface area contributed by atoms with Crippen molar-refractivity contribution >= 4 is 28.6 Å². The number of allylic oxidation sites excluding steroid dienone is 2. The van der Waals surface area contributed by atoms with Crippen LogP contribution in [-0.4, -0.2) is 33.2 Å². The first kappa shape index (κ1) is 18.6. The lowest BCUT2D eigenvalue weighted by Crippen LogP contribution is -2.20. The number of rotatable bonds is 6. The predicted octanol–water partition coefficient (Wildman–Crippen LogP) is 3.85. The molecule has 148 valence electrons. The van der Waals surface area contributed by atoms with Crippen molar-refractivity contribution in [3.05, 3.63) is 36.8 Å². The number of pyridine rings is 1. The van der Waals surface area contributed by atoms with Crippen LogP contribution in [-0.2, 0) is 9.53 Å². The summed E-state index contributed by atoms with van der Waals surface area (Å²) in [6, 6.07) is 1.71. The maximum Gasteiger partial charge on any atom is 0.231 e. The van der Waals surface area contributed by atoms with E-state index in [1.165, 1.54) is 0 Å². The van der Waals surface area contributed by atoms with Gasteiger partial charge < -0.3 is 15.4 Å². The third kappa shape index (κ3) is 3.64. The van der Waals surface area contributed by atoms with Gasteiger partial charge in [-0.1, -0.05) is 12.7 Å². The summed E-state index contributed by atoms with van der Waals surface area (Å²) >= 11 is 0. The third-order valence-corrected chi connectivity index (χ3v) is 5.04. The van der Waals surface area contributed by atoms with Crippen LogP contribution in [0.25, 0.3) is 11.2 Å². The highest BCUT2D eigenvalue weighted by Crippen LogP contribution is 2.36. The molecule has 2 aromatic rings. The summed E-state index contributed by atoms with van der Waals surface area (Å²) in [7, 11) is 0. The van der Waals surface area contributed by atoms with Gasteiger partial charge in [0, 0.05) is 18.9 Å². The van der Waals surface area contributed by atoms with Gasteiger partial charge in [-0.25, -0.2) is 14.4 Å². The molecule has 28 heavy (non-hydrogen) atoms. The van der Waals surface area contributed by atoms with Crippen molar-refractivity contribution in [1.29, 1.82) is 0 Å². The van der Waals surface area contributed by atoms with Gasteiger partial charge >= 0.3 is 0 Å². The molecule has 1 saturated carbocycles. The van der Waals surface area contributed by atoms with Gasteiger partial charge in [-0.15, -0.1) is 0 Å². The SMILES string of the molecule is C=C/C=C/Nc1cc(NC(=O)[C@H]2C[C@H]2F)nc2c1nc(C)n2C1CCCCO1. The molecule has 0 spiro atoms. The van der Waals surface area contributed by atoms with E-state index in [4.69, 9.17) is 4.74 Å². The Morgan fingerprint density at radius 1 is 1.43 bits per heavy atom. The Labute approximate surface area is 162 Å². The van der Waals surface area contributed by atoms with Gasteiger partial charge in [0.05, 0.1) is 11.6 Å². The summed E-state index contributed by atoms with van der Waals surface area (Å²) in [4.78, 5) is 21.5. The first-order chi connectivity index (χ1) is 13.6. The predicted molar refractivity (Wildman–Crippen MR) is 106 cm³/mol. The van der Waals surface area contributed by atoms with Gasteiger partial charge in [-0.2, -0.15) is 0 Å². The van der Waals surface area contributed by atoms with Gasteiger partial charge in [0.2, 0.25) is 5.91 Å². The van der Waals surface area contributed by atoms with Gasteiger partial charge in [-0.05, 0) is 38.7 Å². The number of fused-ring (bicyclic) bond motifs is 1. The maximum absolute atomic E-state index is 13.2. The number of anilines is 2. The minimum Gasteiger partial charge on any atom is -0.360 e. The number of carbonyl (C=O) groups is 1. The Morgan fingerprint density at radius 2 is 2.25 bits per heavy atom. The van der Waals surface area contributed by atoms with Gasteiger partial charge in [0.15, 0.2) is 5.65 Å². The average Bonchev–Trinajstić information content (AvgIpc) is 3.32. The topological polar surface area (TPSA) is 81.1 Å². The third-order valence-electron chi connectivity index (χ3n) is 5.04. The van der Waals surface area contributed by atoms with E-state index in [1.807, 2.05) is 11.5 Å². The largest absolute Gasteiger partial charge is 0.360 e. The molecule has 0 aromatic carbocycles. The molecule has 2 aliphatic rings. The Bertz CT molecular complexity index is 932. The maximum atomic E-state index is 13.2. The highest BCUT2D eigenvalue weighted by Gasteiger charge is 2.43. The van der Waals surface area contributed by atoms with E-state index in [-0.39, 0.29) is 18.6 Å². The second-order valence-corrected chi connectivity index (χ2v) is 7.16. The quantitative estimate of drug-likeness (QED) is 0.739. The lowest BCUT2D eigenvalue weighted by atomic mass is 10.2. The van der Waals surface area contributed by atoms with Gasteiger partial charge in [-0.3, -0.25) is 9.36 Å². The number of halogens is 1. The Balaban J connectivity index is 1.74. The number of alkyl halides is 1. The molecule has 8 heteroatoms. The van der Waals surface area contributed by atoms with Crippen LogP contribution in [0.1, 0.15) is 37.7 Å². The number of nitrogens with zero attached hydrogens (tertiary/aromatic N) is 3. The number of carbonyl (C=O) groups excluding carboxylic acids is 1.